The highest BCUT2D eigenvalue weighted by molar-refractivity contribution is 6.33. The van der Waals surface area contributed by atoms with Gasteiger partial charge < -0.3 is 14.7 Å². The molecule has 0 spiro atoms. The number of likely N-dealkylation sites (tertiary alicyclic amines) is 1. The Morgan fingerprint density at radius 3 is 2.38 bits per heavy atom. The Hall–Kier alpha value is -2.60. The molecule has 0 N–H and O–H groups in total. The lowest BCUT2D eigenvalue weighted by atomic mass is 10.0. The molecule has 7 heteroatoms. The second-order valence-electron chi connectivity index (χ2n) is 7.53. The smallest absolute Gasteiger partial charge is 0.320 e. The number of carbonyl (C=O) groups is 2. The summed E-state index contributed by atoms with van der Waals surface area (Å²) < 4.78 is 13.1. The number of hydrogen-bond donors (Lipinski definition) is 0. The molecule has 0 unspecified atom stereocenters. The van der Waals surface area contributed by atoms with Crippen LogP contribution in [0.5, 0.6) is 0 Å². The summed E-state index contributed by atoms with van der Waals surface area (Å²) in [5, 5.41) is 0.464. The van der Waals surface area contributed by atoms with Gasteiger partial charge in [-0.3, -0.25) is 4.79 Å². The predicted octanol–water partition coefficient (Wildman–Crippen LogP) is 4.02. The van der Waals surface area contributed by atoms with Crippen LogP contribution < -0.4 is 0 Å². The van der Waals surface area contributed by atoms with Crippen molar-refractivity contribution in [3.63, 3.8) is 0 Å². The highest BCUT2D eigenvalue weighted by atomic mass is 35.5. The van der Waals surface area contributed by atoms with Crippen molar-refractivity contribution >= 4 is 23.5 Å². The quantitative estimate of drug-likeness (QED) is 0.757. The normalized spacial score (nSPS) is 17.9. The van der Waals surface area contributed by atoms with Crippen molar-refractivity contribution < 1.29 is 14.0 Å². The SMILES string of the molecule is O=C(c1ccccc1Cl)N1CCC(N2CCN(Cc3ccc(F)cc3)C2=O)CC1. The van der Waals surface area contributed by atoms with Crippen LogP contribution in [0.1, 0.15) is 28.8 Å². The molecular weight excluding hydrogens is 393 g/mol. The summed E-state index contributed by atoms with van der Waals surface area (Å²) in [4.78, 5) is 31.1. The third kappa shape index (κ3) is 4.22. The van der Waals surface area contributed by atoms with E-state index in [4.69, 9.17) is 11.6 Å². The van der Waals surface area contributed by atoms with E-state index in [1.807, 2.05) is 21.9 Å². The van der Waals surface area contributed by atoms with Crippen LogP contribution in [-0.2, 0) is 6.54 Å². The molecule has 0 saturated carbocycles. The average Bonchev–Trinajstić information content (AvgIpc) is 3.10. The number of rotatable bonds is 4. The molecule has 2 aliphatic rings. The number of urea groups is 1. The largest absolute Gasteiger partial charge is 0.338 e. The van der Waals surface area contributed by atoms with Crippen molar-refractivity contribution in [3.8, 4) is 0 Å². The number of benzene rings is 2. The second kappa shape index (κ2) is 8.41. The van der Waals surface area contributed by atoms with Gasteiger partial charge in [0.05, 0.1) is 10.6 Å². The minimum atomic E-state index is -0.277. The molecule has 2 fully saturated rings. The van der Waals surface area contributed by atoms with Gasteiger partial charge in [-0.1, -0.05) is 35.9 Å². The second-order valence-corrected chi connectivity index (χ2v) is 7.93. The Bertz CT molecular complexity index is 897. The topological polar surface area (TPSA) is 43.9 Å². The standard InChI is InChI=1S/C22H23ClFN3O2/c23-20-4-2-1-3-19(20)21(28)25-11-9-18(10-12-25)27-14-13-26(22(27)29)15-16-5-7-17(24)8-6-16/h1-8,18H,9-15H2. The van der Waals surface area contributed by atoms with E-state index < -0.39 is 0 Å². The summed E-state index contributed by atoms with van der Waals surface area (Å²) in [6.45, 7) is 3.05. The van der Waals surface area contributed by atoms with Crippen LogP contribution in [0.15, 0.2) is 48.5 Å². The van der Waals surface area contributed by atoms with Crippen molar-refractivity contribution in [2.45, 2.75) is 25.4 Å². The van der Waals surface area contributed by atoms with Crippen LogP contribution in [0, 0.1) is 5.82 Å². The molecule has 152 valence electrons. The molecule has 2 aromatic rings. The van der Waals surface area contributed by atoms with Crippen LogP contribution in [0.4, 0.5) is 9.18 Å². The van der Waals surface area contributed by atoms with Crippen molar-refractivity contribution in [1.82, 2.24) is 14.7 Å². The number of amides is 3. The lowest BCUT2D eigenvalue weighted by Crippen LogP contribution is -2.48. The summed E-state index contributed by atoms with van der Waals surface area (Å²) in [7, 11) is 0. The molecule has 0 aromatic heterocycles. The van der Waals surface area contributed by atoms with Crippen LogP contribution >= 0.6 is 11.6 Å². The fraction of sp³-hybridized carbons (Fsp3) is 0.364. The van der Waals surface area contributed by atoms with Crippen LogP contribution in [0.3, 0.4) is 0 Å². The molecule has 0 radical (unpaired) electrons. The zero-order chi connectivity index (χ0) is 20.4. The minimum absolute atomic E-state index is 0.0187. The fourth-order valence-corrected chi connectivity index (χ4v) is 4.30. The van der Waals surface area contributed by atoms with Gasteiger partial charge in [-0.2, -0.15) is 0 Å². The lowest BCUT2D eigenvalue weighted by molar-refractivity contribution is 0.0663. The Balaban J connectivity index is 1.33. The Labute approximate surface area is 174 Å². The molecule has 5 nitrogen and oxygen atoms in total. The predicted molar refractivity (Wildman–Crippen MR) is 109 cm³/mol. The number of carbonyl (C=O) groups excluding carboxylic acids is 2. The first kappa shape index (κ1) is 19.7. The molecule has 0 bridgehead atoms. The minimum Gasteiger partial charge on any atom is -0.338 e. The van der Waals surface area contributed by atoms with Gasteiger partial charge in [0.25, 0.3) is 5.91 Å². The number of nitrogens with zero attached hydrogens (tertiary/aromatic N) is 3. The van der Waals surface area contributed by atoms with Gasteiger partial charge >= 0.3 is 6.03 Å². The lowest BCUT2D eigenvalue weighted by Gasteiger charge is -2.36. The van der Waals surface area contributed by atoms with E-state index in [2.05, 4.69) is 0 Å². The zero-order valence-corrected chi connectivity index (χ0v) is 16.8. The summed E-state index contributed by atoms with van der Waals surface area (Å²) in [6, 6.07) is 13.5. The summed E-state index contributed by atoms with van der Waals surface area (Å²) in [5.41, 5.74) is 1.44. The number of halogens is 2. The van der Waals surface area contributed by atoms with Crippen molar-refractivity contribution in [2.24, 2.45) is 0 Å². The van der Waals surface area contributed by atoms with Gasteiger partial charge in [-0.15, -0.1) is 0 Å². The van der Waals surface area contributed by atoms with Gasteiger partial charge in [0, 0.05) is 38.8 Å². The van der Waals surface area contributed by atoms with Crippen LogP contribution in [0.2, 0.25) is 5.02 Å². The number of piperidine rings is 1. The van der Waals surface area contributed by atoms with E-state index >= 15 is 0 Å². The van der Waals surface area contributed by atoms with Crippen LogP contribution in [-0.4, -0.2) is 58.9 Å². The molecule has 2 saturated heterocycles. The highest BCUT2D eigenvalue weighted by Crippen LogP contribution is 2.25. The summed E-state index contributed by atoms with van der Waals surface area (Å²) in [5.74, 6) is -0.332. The van der Waals surface area contributed by atoms with Crippen molar-refractivity contribution in [3.05, 3.63) is 70.5 Å². The molecule has 4 rings (SSSR count). The Morgan fingerprint density at radius 2 is 1.69 bits per heavy atom. The summed E-state index contributed by atoms with van der Waals surface area (Å²) in [6.07, 6.45) is 1.51. The Morgan fingerprint density at radius 1 is 1.00 bits per heavy atom. The van der Waals surface area contributed by atoms with Gasteiger partial charge in [0.15, 0.2) is 0 Å². The molecule has 29 heavy (non-hydrogen) atoms. The fourth-order valence-electron chi connectivity index (χ4n) is 4.08. The average molecular weight is 416 g/mol. The van der Waals surface area contributed by atoms with Crippen molar-refractivity contribution in [2.75, 3.05) is 26.2 Å². The zero-order valence-electron chi connectivity index (χ0n) is 16.1. The molecule has 0 aliphatic carbocycles. The maximum atomic E-state index is 13.1. The van der Waals surface area contributed by atoms with E-state index in [9.17, 15) is 14.0 Å². The first-order valence-electron chi connectivity index (χ1n) is 9.87. The van der Waals surface area contributed by atoms with Crippen molar-refractivity contribution in [1.29, 1.82) is 0 Å². The first-order chi connectivity index (χ1) is 14.0. The number of hydrogen-bond acceptors (Lipinski definition) is 2. The molecule has 0 atom stereocenters. The highest BCUT2D eigenvalue weighted by Gasteiger charge is 2.36. The molecule has 3 amide bonds. The van der Waals surface area contributed by atoms with E-state index in [0.29, 0.717) is 43.3 Å². The first-order valence-corrected chi connectivity index (χ1v) is 10.2. The van der Waals surface area contributed by atoms with Gasteiger partial charge in [0.1, 0.15) is 5.82 Å². The molecule has 2 heterocycles. The van der Waals surface area contributed by atoms with E-state index in [1.54, 1.807) is 29.2 Å². The third-order valence-corrected chi connectivity index (χ3v) is 6.04. The van der Waals surface area contributed by atoms with Gasteiger partial charge in [-0.25, -0.2) is 9.18 Å². The third-order valence-electron chi connectivity index (χ3n) is 5.71. The Kier molecular flexibility index (Phi) is 5.72. The van der Waals surface area contributed by atoms with E-state index in [-0.39, 0.29) is 23.8 Å². The molecule has 2 aromatic carbocycles. The monoisotopic (exact) mass is 415 g/mol. The summed E-state index contributed by atoms with van der Waals surface area (Å²) >= 11 is 6.15. The van der Waals surface area contributed by atoms with Gasteiger partial charge in [-0.05, 0) is 42.7 Å². The maximum absolute atomic E-state index is 13.1. The van der Waals surface area contributed by atoms with Crippen LogP contribution in [0.25, 0.3) is 0 Å². The molecular formula is C22H23ClFN3O2. The van der Waals surface area contributed by atoms with E-state index in [1.165, 1.54) is 12.1 Å². The van der Waals surface area contributed by atoms with E-state index in [0.717, 1.165) is 18.4 Å². The van der Waals surface area contributed by atoms with Gasteiger partial charge in [0.2, 0.25) is 0 Å². The molecule has 2 aliphatic heterocycles. The maximum Gasteiger partial charge on any atom is 0.320 e.